The smallest absolute Gasteiger partial charge is 0.129 e. The fraction of sp³-hybridized carbons (Fsp3) is 0.538. The quantitative estimate of drug-likeness (QED) is 0.767. The number of unbranched alkanes of at least 4 members (excludes halogenated alkanes) is 1. The van der Waals surface area contributed by atoms with Gasteiger partial charge in [-0.05, 0) is 48.9 Å². The van der Waals surface area contributed by atoms with Crippen LogP contribution in [0.1, 0.15) is 43.7 Å². The molecule has 0 fully saturated rings. The van der Waals surface area contributed by atoms with Crippen molar-refractivity contribution in [2.45, 2.75) is 39.0 Å². The van der Waals surface area contributed by atoms with Crippen LogP contribution in [0.5, 0.6) is 0 Å². The van der Waals surface area contributed by atoms with Gasteiger partial charge >= 0.3 is 0 Å². The predicted octanol–water partition coefficient (Wildman–Crippen LogP) is 3.37. The minimum Gasteiger partial charge on any atom is -0.330 e. The molecular weight excluding hydrogens is 208 g/mol. The summed E-state index contributed by atoms with van der Waals surface area (Å²) in [5.74, 6) is -0.817. The third kappa shape index (κ3) is 3.27. The van der Waals surface area contributed by atoms with Gasteiger partial charge in [0.25, 0.3) is 0 Å². The Balaban J connectivity index is 2.87. The lowest BCUT2D eigenvalue weighted by Gasteiger charge is -2.10. The number of rotatable bonds is 5. The molecule has 0 spiro atoms. The summed E-state index contributed by atoms with van der Waals surface area (Å²) < 4.78 is 26.9. The Morgan fingerprint density at radius 1 is 1.12 bits per heavy atom. The summed E-state index contributed by atoms with van der Waals surface area (Å²) in [7, 11) is 0. The average Bonchev–Trinajstić information content (AvgIpc) is 2.21. The second kappa shape index (κ2) is 5.94. The second-order valence-corrected chi connectivity index (χ2v) is 4.37. The molecule has 0 unspecified atom stereocenters. The monoisotopic (exact) mass is 227 g/mol. The molecule has 0 aliphatic carbocycles. The highest BCUT2D eigenvalue weighted by Gasteiger charge is 2.12. The first kappa shape index (κ1) is 13.1. The number of halogens is 2. The van der Waals surface area contributed by atoms with Crippen molar-refractivity contribution in [3.05, 3.63) is 34.9 Å². The molecule has 1 aromatic carbocycles. The van der Waals surface area contributed by atoms with Crippen molar-refractivity contribution in [3.8, 4) is 0 Å². The van der Waals surface area contributed by atoms with Crippen LogP contribution in [0.15, 0.2) is 12.1 Å². The molecule has 0 amide bonds. The van der Waals surface area contributed by atoms with Crippen LogP contribution in [0.4, 0.5) is 8.78 Å². The highest BCUT2D eigenvalue weighted by atomic mass is 19.1. The van der Waals surface area contributed by atoms with E-state index in [1.807, 2.05) is 13.8 Å². The van der Waals surface area contributed by atoms with E-state index in [4.69, 9.17) is 5.73 Å². The summed E-state index contributed by atoms with van der Waals surface area (Å²) in [6.07, 6.45) is 2.34. The van der Waals surface area contributed by atoms with Gasteiger partial charge in [-0.25, -0.2) is 8.78 Å². The molecule has 1 rings (SSSR count). The highest BCUT2D eigenvalue weighted by molar-refractivity contribution is 5.29. The van der Waals surface area contributed by atoms with E-state index < -0.39 is 11.6 Å². The van der Waals surface area contributed by atoms with E-state index in [2.05, 4.69) is 0 Å². The number of hydrogen-bond donors (Lipinski definition) is 1. The average molecular weight is 227 g/mol. The Morgan fingerprint density at radius 3 is 2.38 bits per heavy atom. The molecule has 1 nitrogen and oxygen atoms in total. The van der Waals surface area contributed by atoms with Gasteiger partial charge in [0.15, 0.2) is 0 Å². The van der Waals surface area contributed by atoms with Gasteiger partial charge in [0.2, 0.25) is 0 Å². The van der Waals surface area contributed by atoms with Crippen LogP contribution in [-0.4, -0.2) is 6.54 Å². The maximum absolute atomic E-state index is 13.4. The van der Waals surface area contributed by atoms with Crippen LogP contribution in [0.2, 0.25) is 0 Å². The Hall–Kier alpha value is -0.960. The molecular formula is C13H19F2N. The molecule has 0 saturated heterocycles. The molecule has 0 atom stereocenters. The van der Waals surface area contributed by atoms with Gasteiger partial charge in [-0.3, -0.25) is 0 Å². The van der Waals surface area contributed by atoms with E-state index >= 15 is 0 Å². The van der Waals surface area contributed by atoms with Crippen molar-refractivity contribution in [1.82, 2.24) is 0 Å². The Labute approximate surface area is 95.7 Å². The summed E-state index contributed by atoms with van der Waals surface area (Å²) in [6, 6.07) is 2.64. The zero-order valence-electron chi connectivity index (χ0n) is 9.89. The van der Waals surface area contributed by atoms with E-state index in [0.717, 1.165) is 18.9 Å². The van der Waals surface area contributed by atoms with Crippen LogP contribution in [0.3, 0.4) is 0 Å². The van der Waals surface area contributed by atoms with Crippen molar-refractivity contribution in [2.75, 3.05) is 6.54 Å². The fourth-order valence-electron chi connectivity index (χ4n) is 1.71. The number of hydrogen-bond acceptors (Lipinski definition) is 1. The topological polar surface area (TPSA) is 26.0 Å². The fourth-order valence-corrected chi connectivity index (χ4v) is 1.71. The molecule has 0 aliphatic heterocycles. The van der Waals surface area contributed by atoms with Gasteiger partial charge in [0.05, 0.1) is 0 Å². The summed E-state index contributed by atoms with van der Waals surface area (Å²) in [5.41, 5.74) is 6.56. The summed E-state index contributed by atoms with van der Waals surface area (Å²) >= 11 is 0. The summed E-state index contributed by atoms with van der Waals surface area (Å²) in [5, 5.41) is 0. The van der Waals surface area contributed by atoms with E-state index in [1.165, 1.54) is 0 Å². The molecule has 0 aliphatic rings. The summed E-state index contributed by atoms with van der Waals surface area (Å²) in [6.45, 7) is 4.42. The number of aryl methyl sites for hydroxylation is 1. The molecule has 90 valence electrons. The first-order valence-electron chi connectivity index (χ1n) is 5.74. The van der Waals surface area contributed by atoms with Crippen molar-refractivity contribution < 1.29 is 8.78 Å². The van der Waals surface area contributed by atoms with Gasteiger partial charge in [-0.1, -0.05) is 13.8 Å². The van der Waals surface area contributed by atoms with Crippen molar-refractivity contribution in [2.24, 2.45) is 5.73 Å². The lowest BCUT2D eigenvalue weighted by molar-refractivity contribution is 0.552. The minimum absolute atomic E-state index is 0.0776. The minimum atomic E-state index is -0.449. The predicted molar refractivity (Wildman–Crippen MR) is 62.4 cm³/mol. The molecule has 3 heteroatoms. The molecule has 0 bridgehead atoms. The maximum Gasteiger partial charge on any atom is 0.129 e. The third-order valence-electron chi connectivity index (χ3n) is 2.69. The largest absolute Gasteiger partial charge is 0.330 e. The van der Waals surface area contributed by atoms with Crippen molar-refractivity contribution in [1.29, 1.82) is 0 Å². The zero-order valence-corrected chi connectivity index (χ0v) is 9.89. The number of nitrogens with two attached hydrogens (primary N) is 1. The lowest BCUT2D eigenvalue weighted by atomic mass is 9.97. The normalized spacial score (nSPS) is 11.1. The van der Waals surface area contributed by atoms with Crippen LogP contribution >= 0.6 is 0 Å². The van der Waals surface area contributed by atoms with Crippen LogP contribution in [0, 0.1) is 11.6 Å². The molecule has 1 aromatic rings. The zero-order chi connectivity index (χ0) is 12.1. The first-order valence-corrected chi connectivity index (χ1v) is 5.74. The Bertz CT molecular complexity index is 348. The molecule has 16 heavy (non-hydrogen) atoms. The Morgan fingerprint density at radius 2 is 1.81 bits per heavy atom. The van der Waals surface area contributed by atoms with Gasteiger partial charge in [-0.15, -0.1) is 0 Å². The molecule has 0 saturated carbocycles. The molecule has 0 aromatic heterocycles. The second-order valence-electron chi connectivity index (χ2n) is 4.37. The maximum atomic E-state index is 13.4. The first-order chi connectivity index (χ1) is 7.56. The highest BCUT2D eigenvalue weighted by Crippen LogP contribution is 2.23. The van der Waals surface area contributed by atoms with E-state index in [0.29, 0.717) is 24.1 Å². The van der Waals surface area contributed by atoms with Crippen molar-refractivity contribution in [3.63, 3.8) is 0 Å². The van der Waals surface area contributed by atoms with Crippen LogP contribution in [0.25, 0.3) is 0 Å². The number of benzene rings is 1. The van der Waals surface area contributed by atoms with Crippen molar-refractivity contribution >= 4 is 0 Å². The lowest BCUT2D eigenvalue weighted by Crippen LogP contribution is -2.02. The van der Waals surface area contributed by atoms with Gasteiger partial charge in [0, 0.05) is 6.07 Å². The Kier molecular flexibility index (Phi) is 4.87. The third-order valence-corrected chi connectivity index (χ3v) is 2.69. The molecule has 0 radical (unpaired) electrons. The van der Waals surface area contributed by atoms with Gasteiger partial charge in [-0.2, -0.15) is 0 Å². The van der Waals surface area contributed by atoms with E-state index in [-0.39, 0.29) is 5.92 Å². The van der Waals surface area contributed by atoms with Gasteiger partial charge < -0.3 is 5.73 Å². The van der Waals surface area contributed by atoms with E-state index in [9.17, 15) is 8.78 Å². The molecule has 0 heterocycles. The van der Waals surface area contributed by atoms with E-state index in [1.54, 1.807) is 6.07 Å². The van der Waals surface area contributed by atoms with Gasteiger partial charge in [0.1, 0.15) is 11.6 Å². The van der Waals surface area contributed by atoms with Crippen LogP contribution < -0.4 is 5.73 Å². The molecule has 2 N–H and O–H groups in total. The summed E-state index contributed by atoms with van der Waals surface area (Å²) in [4.78, 5) is 0. The SMILES string of the molecule is CC(C)c1cc(CCCCN)c(F)cc1F. The van der Waals surface area contributed by atoms with Crippen LogP contribution in [-0.2, 0) is 6.42 Å². The standard InChI is InChI=1S/C13H19F2N/c1-9(2)11-7-10(5-3-4-6-16)12(14)8-13(11)15/h7-9H,3-6,16H2,1-2H3.